The SMILES string of the molecule is COC[C@@]1(c2nc3c(c(-c4cccc(Cl)c4)c2C#N)CC(C)(C)CC3)CCCO1. The van der Waals surface area contributed by atoms with Crippen molar-refractivity contribution in [3.63, 3.8) is 0 Å². The molecule has 1 aliphatic carbocycles. The van der Waals surface area contributed by atoms with E-state index >= 15 is 0 Å². The number of benzene rings is 1. The number of rotatable bonds is 4. The Kier molecular flexibility index (Phi) is 5.42. The van der Waals surface area contributed by atoms with Gasteiger partial charge in [-0.05, 0) is 60.8 Å². The zero-order valence-corrected chi connectivity index (χ0v) is 18.1. The fourth-order valence-electron chi connectivity index (χ4n) is 4.79. The van der Waals surface area contributed by atoms with E-state index < -0.39 is 5.60 Å². The third-order valence-electron chi connectivity index (χ3n) is 6.22. The van der Waals surface area contributed by atoms with Crippen LogP contribution in [0.3, 0.4) is 0 Å². The van der Waals surface area contributed by atoms with Crippen molar-refractivity contribution in [2.75, 3.05) is 20.3 Å². The molecule has 0 spiro atoms. The highest BCUT2D eigenvalue weighted by molar-refractivity contribution is 6.30. The number of pyridine rings is 1. The molecule has 0 radical (unpaired) electrons. The van der Waals surface area contributed by atoms with Gasteiger partial charge in [0, 0.05) is 30.0 Å². The summed E-state index contributed by atoms with van der Waals surface area (Å²) >= 11 is 6.33. The Hall–Kier alpha value is -1.93. The van der Waals surface area contributed by atoms with E-state index in [0.717, 1.165) is 54.6 Å². The first kappa shape index (κ1) is 20.3. The molecule has 0 amide bonds. The first-order valence-corrected chi connectivity index (χ1v) is 10.6. The smallest absolute Gasteiger partial charge is 0.134 e. The van der Waals surface area contributed by atoms with Crippen LogP contribution >= 0.6 is 11.6 Å². The number of nitriles is 1. The lowest BCUT2D eigenvalue weighted by molar-refractivity contribution is -0.0592. The number of methoxy groups -OCH3 is 1. The normalized spacial score (nSPS) is 22.9. The minimum atomic E-state index is -0.658. The van der Waals surface area contributed by atoms with E-state index in [1.165, 1.54) is 5.56 Å². The molecule has 1 fully saturated rings. The van der Waals surface area contributed by atoms with E-state index in [9.17, 15) is 5.26 Å². The van der Waals surface area contributed by atoms with Crippen molar-refractivity contribution in [2.24, 2.45) is 5.41 Å². The fourth-order valence-corrected chi connectivity index (χ4v) is 4.98. The van der Waals surface area contributed by atoms with Crippen molar-refractivity contribution in [3.8, 4) is 17.2 Å². The average Bonchev–Trinajstić information content (AvgIpc) is 3.15. The molecule has 2 aromatic rings. The Morgan fingerprint density at radius 1 is 1.31 bits per heavy atom. The van der Waals surface area contributed by atoms with Crippen molar-refractivity contribution in [1.82, 2.24) is 4.98 Å². The summed E-state index contributed by atoms with van der Waals surface area (Å²) in [6.45, 7) is 5.62. The number of nitrogens with zero attached hydrogens (tertiary/aromatic N) is 2. The molecule has 4 rings (SSSR count). The van der Waals surface area contributed by atoms with Gasteiger partial charge in [0.05, 0.1) is 17.9 Å². The average molecular weight is 411 g/mol. The van der Waals surface area contributed by atoms with E-state index in [2.05, 4.69) is 19.9 Å². The number of aromatic nitrogens is 1. The molecule has 0 N–H and O–H groups in total. The fraction of sp³-hybridized carbons (Fsp3) is 0.500. The highest BCUT2D eigenvalue weighted by atomic mass is 35.5. The lowest BCUT2D eigenvalue weighted by atomic mass is 9.72. The zero-order chi connectivity index (χ0) is 20.6. The van der Waals surface area contributed by atoms with Gasteiger partial charge in [0.1, 0.15) is 11.7 Å². The Morgan fingerprint density at radius 3 is 2.79 bits per heavy atom. The van der Waals surface area contributed by atoms with Crippen LogP contribution in [0, 0.1) is 16.7 Å². The van der Waals surface area contributed by atoms with Crippen molar-refractivity contribution in [1.29, 1.82) is 5.26 Å². The maximum absolute atomic E-state index is 10.3. The van der Waals surface area contributed by atoms with Crippen LogP contribution < -0.4 is 0 Å². The molecular weight excluding hydrogens is 384 g/mol. The highest BCUT2D eigenvalue weighted by Gasteiger charge is 2.43. The van der Waals surface area contributed by atoms with E-state index in [-0.39, 0.29) is 5.41 Å². The van der Waals surface area contributed by atoms with Crippen LogP contribution in [0.5, 0.6) is 0 Å². The van der Waals surface area contributed by atoms with Crippen LogP contribution in [-0.2, 0) is 27.9 Å². The largest absolute Gasteiger partial charge is 0.381 e. The summed E-state index contributed by atoms with van der Waals surface area (Å²) in [5.74, 6) is 0. The molecule has 1 aromatic heterocycles. The van der Waals surface area contributed by atoms with Crippen molar-refractivity contribution in [2.45, 2.75) is 51.6 Å². The molecule has 1 aliphatic heterocycles. The quantitative estimate of drug-likeness (QED) is 0.673. The van der Waals surface area contributed by atoms with Gasteiger partial charge in [0.2, 0.25) is 0 Å². The molecule has 152 valence electrons. The Bertz CT molecular complexity index is 972. The van der Waals surface area contributed by atoms with E-state index in [0.29, 0.717) is 23.8 Å². The summed E-state index contributed by atoms with van der Waals surface area (Å²) in [4.78, 5) is 5.07. The molecule has 0 bridgehead atoms. The molecule has 2 aliphatic rings. The predicted molar refractivity (Wildman–Crippen MR) is 114 cm³/mol. The molecule has 1 atom stereocenters. The maximum atomic E-state index is 10.3. The van der Waals surface area contributed by atoms with E-state index in [1.807, 2.05) is 24.3 Å². The van der Waals surface area contributed by atoms with Crippen molar-refractivity contribution in [3.05, 3.63) is 51.8 Å². The predicted octanol–water partition coefficient (Wildman–Crippen LogP) is 5.44. The molecule has 0 unspecified atom stereocenters. The van der Waals surface area contributed by atoms with Crippen LogP contribution in [0.25, 0.3) is 11.1 Å². The second-order valence-electron chi connectivity index (χ2n) is 8.98. The van der Waals surface area contributed by atoms with Crippen LogP contribution in [-0.4, -0.2) is 25.3 Å². The number of fused-ring (bicyclic) bond motifs is 1. The van der Waals surface area contributed by atoms with Gasteiger partial charge in [-0.15, -0.1) is 0 Å². The summed E-state index contributed by atoms with van der Waals surface area (Å²) in [5.41, 5.74) is 5.04. The van der Waals surface area contributed by atoms with Crippen molar-refractivity contribution >= 4 is 11.6 Å². The first-order chi connectivity index (χ1) is 13.9. The van der Waals surface area contributed by atoms with Crippen LogP contribution in [0.1, 0.15) is 55.6 Å². The second kappa shape index (κ2) is 7.72. The van der Waals surface area contributed by atoms with Crippen LogP contribution in [0.2, 0.25) is 5.02 Å². The number of hydrogen-bond acceptors (Lipinski definition) is 4. The monoisotopic (exact) mass is 410 g/mol. The van der Waals surface area contributed by atoms with Crippen molar-refractivity contribution < 1.29 is 9.47 Å². The molecule has 1 saturated heterocycles. The maximum Gasteiger partial charge on any atom is 0.134 e. The van der Waals surface area contributed by atoms with Gasteiger partial charge in [0.25, 0.3) is 0 Å². The van der Waals surface area contributed by atoms with Gasteiger partial charge >= 0.3 is 0 Å². The molecule has 1 aromatic carbocycles. The minimum absolute atomic E-state index is 0.171. The summed E-state index contributed by atoms with van der Waals surface area (Å²) in [6, 6.07) is 10.3. The highest BCUT2D eigenvalue weighted by Crippen LogP contribution is 2.45. The molecule has 4 nitrogen and oxygen atoms in total. The summed E-state index contributed by atoms with van der Waals surface area (Å²) in [7, 11) is 1.67. The summed E-state index contributed by atoms with van der Waals surface area (Å²) in [6.07, 6.45) is 4.61. The van der Waals surface area contributed by atoms with Crippen LogP contribution in [0.4, 0.5) is 0 Å². The topological polar surface area (TPSA) is 55.1 Å². The summed E-state index contributed by atoms with van der Waals surface area (Å²) in [5, 5.41) is 10.9. The molecular formula is C24H27ClN2O2. The van der Waals surface area contributed by atoms with Gasteiger partial charge in [-0.1, -0.05) is 37.6 Å². The van der Waals surface area contributed by atoms with Gasteiger partial charge < -0.3 is 9.47 Å². The number of aryl methyl sites for hydroxylation is 1. The Labute approximate surface area is 177 Å². The third kappa shape index (κ3) is 3.68. The Balaban J connectivity index is 2.03. The first-order valence-electron chi connectivity index (χ1n) is 10.2. The van der Waals surface area contributed by atoms with Crippen LogP contribution in [0.15, 0.2) is 24.3 Å². The van der Waals surface area contributed by atoms with E-state index in [1.54, 1.807) is 7.11 Å². The molecule has 29 heavy (non-hydrogen) atoms. The zero-order valence-electron chi connectivity index (χ0n) is 17.3. The molecule has 2 heterocycles. The number of hydrogen-bond donors (Lipinski definition) is 0. The number of ether oxygens (including phenoxy) is 2. The third-order valence-corrected chi connectivity index (χ3v) is 6.45. The number of halogens is 1. The van der Waals surface area contributed by atoms with E-state index in [4.69, 9.17) is 26.1 Å². The summed E-state index contributed by atoms with van der Waals surface area (Å²) < 4.78 is 11.7. The Morgan fingerprint density at radius 2 is 2.14 bits per heavy atom. The standard InChI is InChI=1S/C24H27ClN2O2/c1-23(2)10-8-20-18(13-23)21(16-6-4-7-17(25)12-16)19(14-26)22(27-20)24(15-28-3)9-5-11-29-24/h4,6-7,12H,5,8-11,13,15H2,1-3H3/t24-/m1/s1. The molecule has 5 heteroatoms. The second-order valence-corrected chi connectivity index (χ2v) is 9.41. The van der Waals surface area contributed by atoms with Gasteiger partial charge in [-0.25, -0.2) is 0 Å². The lowest BCUT2D eigenvalue weighted by Gasteiger charge is -2.35. The lowest BCUT2D eigenvalue weighted by Crippen LogP contribution is -2.34. The minimum Gasteiger partial charge on any atom is -0.381 e. The molecule has 0 saturated carbocycles. The van der Waals surface area contributed by atoms with Gasteiger partial charge in [0.15, 0.2) is 0 Å². The van der Waals surface area contributed by atoms with Gasteiger partial charge in [-0.3, -0.25) is 4.98 Å². The van der Waals surface area contributed by atoms with Gasteiger partial charge in [-0.2, -0.15) is 5.26 Å².